The van der Waals surface area contributed by atoms with Crippen LogP contribution >= 0.6 is 15.9 Å². The minimum atomic E-state index is -0.484. The molecule has 1 fully saturated rings. The van der Waals surface area contributed by atoms with Crippen LogP contribution in [0.2, 0.25) is 0 Å². The van der Waals surface area contributed by atoms with Crippen LogP contribution in [-0.2, 0) is 6.42 Å². The number of hydrogen-bond acceptors (Lipinski definition) is 0. The lowest BCUT2D eigenvalue weighted by molar-refractivity contribution is 0.577. The summed E-state index contributed by atoms with van der Waals surface area (Å²) in [6, 6.07) is 3.74. The largest absolute Gasteiger partial charge is 0.207 e. The monoisotopic (exact) mass is 274 g/mol. The first kappa shape index (κ1) is 11.1. The van der Waals surface area contributed by atoms with Gasteiger partial charge in [-0.05, 0) is 49.3 Å². The second kappa shape index (κ2) is 4.60. The molecule has 0 nitrogen and oxygen atoms in total. The predicted octanol–water partition coefficient (Wildman–Crippen LogP) is 4.07. The van der Waals surface area contributed by atoms with Crippen molar-refractivity contribution in [2.75, 3.05) is 0 Å². The molecule has 0 spiro atoms. The fraction of sp³-hybridized carbons (Fsp3) is 0.500. The number of aryl methyl sites for hydroxylation is 1. The maximum Gasteiger partial charge on any atom is 0.126 e. The zero-order valence-electron chi connectivity index (χ0n) is 8.35. The smallest absolute Gasteiger partial charge is 0.126 e. The molecule has 0 aliphatic heterocycles. The normalized spacial score (nSPS) is 17.8. The number of hydrogen-bond donors (Lipinski definition) is 0. The molecule has 2 rings (SSSR count). The molecule has 1 atom stereocenters. The Morgan fingerprint density at radius 3 is 2.33 bits per heavy atom. The van der Waals surface area contributed by atoms with Crippen LogP contribution in [0.3, 0.4) is 0 Å². The summed E-state index contributed by atoms with van der Waals surface area (Å²) in [7, 11) is 0. The molecule has 82 valence electrons. The molecule has 0 radical (unpaired) electrons. The highest BCUT2D eigenvalue weighted by atomic mass is 79.9. The van der Waals surface area contributed by atoms with Gasteiger partial charge in [0.25, 0.3) is 0 Å². The van der Waals surface area contributed by atoms with Crippen molar-refractivity contribution in [3.05, 3.63) is 35.4 Å². The van der Waals surface area contributed by atoms with Gasteiger partial charge in [-0.25, -0.2) is 8.78 Å². The van der Waals surface area contributed by atoms with E-state index >= 15 is 0 Å². The van der Waals surface area contributed by atoms with Crippen molar-refractivity contribution in [3.8, 4) is 0 Å². The molecule has 3 heteroatoms. The average molecular weight is 275 g/mol. The van der Waals surface area contributed by atoms with Crippen LogP contribution < -0.4 is 0 Å². The van der Waals surface area contributed by atoms with Crippen LogP contribution in [0.4, 0.5) is 8.78 Å². The van der Waals surface area contributed by atoms with Gasteiger partial charge in [0.1, 0.15) is 11.6 Å². The molecular formula is C12H13BrF2. The van der Waals surface area contributed by atoms with E-state index in [9.17, 15) is 8.78 Å². The van der Waals surface area contributed by atoms with Crippen LogP contribution in [0, 0.1) is 17.6 Å². The van der Waals surface area contributed by atoms with E-state index in [1.54, 1.807) is 0 Å². The Balaban J connectivity index is 1.91. The van der Waals surface area contributed by atoms with Gasteiger partial charge in [0.2, 0.25) is 0 Å². The zero-order valence-corrected chi connectivity index (χ0v) is 9.94. The van der Waals surface area contributed by atoms with Crippen molar-refractivity contribution in [2.45, 2.75) is 30.5 Å². The number of rotatable bonds is 4. The van der Waals surface area contributed by atoms with Gasteiger partial charge in [-0.3, -0.25) is 0 Å². The maximum absolute atomic E-state index is 12.9. The first-order valence-electron chi connectivity index (χ1n) is 5.24. The third kappa shape index (κ3) is 3.26. The Morgan fingerprint density at radius 2 is 1.80 bits per heavy atom. The van der Waals surface area contributed by atoms with Gasteiger partial charge < -0.3 is 0 Å². The molecule has 1 saturated carbocycles. The number of benzene rings is 1. The SMILES string of the molecule is Fc1cc(F)cc(CCC(Br)C2CC2)c1. The summed E-state index contributed by atoms with van der Waals surface area (Å²) in [6.07, 6.45) is 4.26. The fourth-order valence-electron chi connectivity index (χ4n) is 1.75. The predicted molar refractivity (Wildman–Crippen MR) is 60.1 cm³/mol. The van der Waals surface area contributed by atoms with E-state index in [4.69, 9.17) is 0 Å². The second-order valence-electron chi connectivity index (χ2n) is 4.17. The first-order valence-corrected chi connectivity index (χ1v) is 6.16. The van der Waals surface area contributed by atoms with Gasteiger partial charge in [-0.15, -0.1) is 0 Å². The van der Waals surface area contributed by atoms with E-state index in [0.29, 0.717) is 4.83 Å². The quantitative estimate of drug-likeness (QED) is 0.726. The molecule has 0 heterocycles. The molecule has 0 saturated heterocycles. The Hall–Kier alpha value is -0.440. The van der Waals surface area contributed by atoms with Crippen LogP contribution in [0.1, 0.15) is 24.8 Å². The summed E-state index contributed by atoms with van der Waals surface area (Å²) in [4.78, 5) is 0.504. The molecular weight excluding hydrogens is 262 g/mol. The zero-order chi connectivity index (χ0) is 10.8. The molecule has 0 aromatic heterocycles. The third-order valence-corrected chi connectivity index (χ3v) is 3.97. The van der Waals surface area contributed by atoms with Crippen molar-refractivity contribution in [1.29, 1.82) is 0 Å². The standard InChI is InChI=1S/C12H13BrF2/c13-12(9-2-3-9)4-1-8-5-10(14)7-11(15)6-8/h5-7,9,12H,1-4H2. The van der Waals surface area contributed by atoms with Crippen LogP contribution in [0.15, 0.2) is 18.2 Å². The minimum Gasteiger partial charge on any atom is -0.207 e. The van der Waals surface area contributed by atoms with Crippen molar-refractivity contribution in [3.63, 3.8) is 0 Å². The topological polar surface area (TPSA) is 0 Å². The van der Waals surface area contributed by atoms with Gasteiger partial charge in [-0.1, -0.05) is 15.9 Å². The third-order valence-electron chi connectivity index (χ3n) is 2.76. The molecule has 0 N–H and O–H groups in total. The Morgan fingerprint density at radius 1 is 1.20 bits per heavy atom. The van der Waals surface area contributed by atoms with E-state index in [1.807, 2.05) is 0 Å². The Kier molecular flexibility index (Phi) is 3.39. The van der Waals surface area contributed by atoms with E-state index < -0.39 is 11.6 Å². The lowest BCUT2D eigenvalue weighted by Crippen LogP contribution is -2.02. The molecule has 1 aromatic rings. The highest BCUT2D eigenvalue weighted by Gasteiger charge is 2.28. The van der Waals surface area contributed by atoms with Crippen LogP contribution in [-0.4, -0.2) is 4.83 Å². The summed E-state index contributed by atoms with van der Waals surface area (Å²) >= 11 is 3.61. The summed E-state index contributed by atoms with van der Waals surface area (Å²) in [5.74, 6) is -0.187. The molecule has 1 aromatic carbocycles. The molecule has 1 aliphatic carbocycles. The molecule has 15 heavy (non-hydrogen) atoms. The van der Waals surface area contributed by atoms with E-state index in [1.165, 1.54) is 25.0 Å². The Labute approximate surface area is 96.8 Å². The van der Waals surface area contributed by atoms with Crippen molar-refractivity contribution < 1.29 is 8.78 Å². The lowest BCUT2D eigenvalue weighted by Gasteiger charge is -2.07. The highest BCUT2D eigenvalue weighted by molar-refractivity contribution is 9.09. The Bertz CT molecular complexity index is 327. The molecule has 1 aliphatic rings. The number of alkyl halides is 1. The van der Waals surface area contributed by atoms with Gasteiger partial charge in [-0.2, -0.15) is 0 Å². The van der Waals surface area contributed by atoms with Crippen LogP contribution in [0.5, 0.6) is 0 Å². The van der Waals surface area contributed by atoms with Gasteiger partial charge in [0.05, 0.1) is 0 Å². The summed E-state index contributed by atoms with van der Waals surface area (Å²) in [6.45, 7) is 0. The van der Waals surface area contributed by atoms with E-state index in [2.05, 4.69) is 15.9 Å². The summed E-state index contributed by atoms with van der Waals surface area (Å²) in [5, 5.41) is 0. The molecule has 0 amide bonds. The van der Waals surface area contributed by atoms with Gasteiger partial charge in [0, 0.05) is 10.9 Å². The van der Waals surface area contributed by atoms with Gasteiger partial charge >= 0.3 is 0 Å². The minimum absolute atomic E-state index is 0.484. The van der Waals surface area contributed by atoms with E-state index in [0.717, 1.165) is 30.4 Å². The maximum atomic E-state index is 12.9. The van der Waals surface area contributed by atoms with E-state index in [-0.39, 0.29) is 0 Å². The highest BCUT2D eigenvalue weighted by Crippen LogP contribution is 2.38. The summed E-state index contributed by atoms with van der Waals surface area (Å²) in [5.41, 5.74) is 0.748. The fourth-order valence-corrected chi connectivity index (χ4v) is 2.51. The first-order chi connectivity index (χ1) is 7.15. The lowest BCUT2D eigenvalue weighted by atomic mass is 10.1. The van der Waals surface area contributed by atoms with Crippen molar-refractivity contribution >= 4 is 15.9 Å². The van der Waals surface area contributed by atoms with Crippen LogP contribution in [0.25, 0.3) is 0 Å². The van der Waals surface area contributed by atoms with Crippen molar-refractivity contribution in [1.82, 2.24) is 0 Å². The second-order valence-corrected chi connectivity index (χ2v) is 5.35. The number of halogens is 3. The van der Waals surface area contributed by atoms with Gasteiger partial charge in [0.15, 0.2) is 0 Å². The summed E-state index contributed by atoms with van der Waals surface area (Å²) < 4.78 is 25.7. The molecule has 0 bridgehead atoms. The van der Waals surface area contributed by atoms with Crippen molar-refractivity contribution in [2.24, 2.45) is 5.92 Å². The molecule has 1 unspecified atom stereocenters. The average Bonchev–Trinajstić information content (AvgIpc) is 2.95.